The van der Waals surface area contributed by atoms with Crippen molar-refractivity contribution in [2.75, 3.05) is 0 Å². The summed E-state index contributed by atoms with van der Waals surface area (Å²) in [4.78, 5) is 0. The average molecular weight is 906 g/mol. The summed E-state index contributed by atoms with van der Waals surface area (Å²) in [5.74, 6) is 0. The lowest BCUT2D eigenvalue weighted by molar-refractivity contribution is 0.660. The molecule has 12 aromatic rings. The average Bonchev–Trinajstić information content (AvgIpc) is 4.03. The van der Waals surface area contributed by atoms with Gasteiger partial charge in [-0.05, 0) is 152 Å². The molecule has 71 heavy (non-hydrogen) atoms. The van der Waals surface area contributed by atoms with Gasteiger partial charge in [0.15, 0.2) is 0 Å². The van der Waals surface area contributed by atoms with Crippen molar-refractivity contribution in [3.05, 3.63) is 259 Å². The molecule has 1 heteroatoms. The molecule has 0 saturated carbocycles. The van der Waals surface area contributed by atoms with E-state index in [-0.39, 0.29) is 10.8 Å². The van der Waals surface area contributed by atoms with Crippen LogP contribution in [-0.4, -0.2) is 4.57 Å². The third-order valence-electron chi connectivity index (χ3n) is 16.2. The van der Waals surface area contributed by atoms with E-state index in [0.717, 1.165) is 17.1 Å². The smallest absolute Gasteiger partial charge is 0.0540 e. The zero-order valence-corrected chi connectivity index (χ0v) is 40.5. The first kappa shape index (κ1) is 41.5. The summed E-state index contributed by atoms with van der Waals surface area (Å²) in [5, 5.41) is 7.46. The minimum absolute atomic E-state index is 0.118. The zero-order valence-electron chi connectivity index (χ0n) is 40.5. The molecule has 0 atom stereocenters. The molecule has 1 heterocycles. The van der Waals surface area contributed by atoms with Gasteiger partial charge in [-0.2, -0.15) is 0 Å². The van der Waals surface area contributed by atoms with Crippen LogP contribution >= 0.6 is 0 Å². The van der Waals surface area contributed by atoms with Crippen LogP contribution in [0, 0.1) is 0 Å². The number of hydrogen-bond acceptors (Lipinski definition) is 0. The van der Waals surface area contributed by atoms with Crippen LogP contribution in [0.25, 0.3) is 116 Å². The van der Waals surface area contributed by atoms with Gasteiger partial charge in [0.2, 0.25) is 0 Å². The summed E-state index contributed by atoms with van der Waals surface area (Å²) in [6.07, 6.45) is 0. The third-order valence-corrected chi connectivity index (χ3v) is 16.2. The van der Waals surface area contributed by atoms with Crippen LogP contribution in [0.2, 0.25) is 0 Å². The molecule has 2 aliphatic carbocycles. The predicted molar refractivity (Wildman–Crippen MR) is 301 cm³/mol. The van der Waals surface area contributed by atoms with Gasteiger partial charge in [-0.1, -0.05) is 228 Å². The third kappa shape index (κ3) is 6.12. The number of fused-ring (bicyclic) bond motifs is 9. The number of aromatic nitrogens is 1. The maximum absolute atomic E-state index is 2.51. The van der Waals surface area contributed by atoms with Crippen molar-refractivity contribution in [3.8, 4) is 83.8 Å². The quantitative estimate of drug-likeness (QED) is 0.147. The van der Waals surface area contributed by atoms with Crippen molar-refractivity contribution in [2.24, 2.45) is 0 Å². The highest BCUT2D eigenvalue weighted by molar-refractivity contribution is 6.22. The monoisotopic (exact) mass is 905 g/mol. The highest BCUT2D eigenvalue weighted by Gasteiger charge is 2.37. The number of rotatable bonds is 6. The lowest BCUT2D eigenvalue weighted by Crippen LogP contribution is -2.15. The Morgan fingerprint density at radius 2 is 0.662 bits per heavy atom. The van der Waals surface area contributed by atoms with Crippen LogP contribution in [0.4, 0.5) is 0 Å². The molecule has 0 N–H and O–H groups in total. The first-order chi connectivity index (χ1) is 34.8. The van der Waals surface area contributed by atoms with E-state index in [1.807, 2.05) is 0 Å². The maximum Gasteiger partial charge on any atom is 0.0540 e. The van der Waals surface area contributed by atoms with E-state index in [9.17, 15) is 0 Å². The molecule has 1 aromatic heterocycles. The van der Waals surface area contributed by atoms with E-state index < -0.39 is 0 Å². The van der Waals surface area contributed by atoms with Gasteiger partial charge in [0.25, 0.3) is 0 Å². The molecule has 2 aliphatic rings. The van der Waals surface area contributed by atoms with Crippen LogP contribution in [0.3, 0.4) is 0 Å². The van der Waals surface area contributed by atoms with Gasteiger partial charge in [-0.25, -0.2) is 0 Å². The molecule has 0 saturated heterocycles. The van der Waals surface area contributed by atoms with E-state index in [0.29, 0.717) is 0 Å². The maximum atomic E-state index is 2.51. The fraction of sp³-hybridized carbons (Fsp3) is 0.0857. The second kappa shape index (κ2) is 15.5. The van der Waals surface area contributed by atoms with Crippen LogP contribution in [0.15, 0.2) is 237 Å². The van der Waals surface area contributed by atoms with Crippen molar-refractivity contribution >= 4 is 32.3 Å². The van der Waals surface area contributed by atoms with Crippen molar-refractivity contribution in [3.63, 3.8) is 0 Å². The molecule has 14 rings (SSSR count). The molecule has 0 radical (unpaired) electrons. The van der Waals surface area contributed by atoms with Gasteiger partial charge in [-0.3, -0.25) is 0 Å². The van der Waals surface area contributed by atoms with Gasteiger partial charge < -0.3 is 4.57 Å². The molecular formula is C70H51N. The molecule has 1 nitrogen and oxygen atoms in total. The number of nitrogens with zero attached hydrogens (tertiary/aromatic N) is 1. The van der Waals surface area contributed by atoms with Gasteiger partial charge in [0, 0.05) is 16.2 Å². The van der Waals surface area contributed by atoms with Crippen LogP contribution in [0.1, 0.15) is 49.9 Å². The second-order valence-electron chi connectivity index (χ2n) is 20.8. The summed E-state index contributed by atoms with van der Waals surface area (Å²) in [6.45, 7) is 9.55. The number of benzene rings is 11. The lowest BCUT2D eigenvalue weighted by Gasteiger charge is -2.24. The van der Waals surface area contributed by atoms with Gasteiger partial charge >= 0.3 is 0 Å². The fourth-order valence-electron chi connectivity index (χ4n) is 12.8. The normalized spacial score (nSPS) is 13.9. The molecule has 0 fully saturated rings. The van der Waals surface area contributed by atoms with E-state index in [1.54, 1.807) is 0 Å². The van der Waals surface area contributed by atoms with E-state index in [4.69, 9.17) is 0 Å². The van der Waals surface area contributed by atoms with Crippen LogP contribution < -0.4 is 0 Å². The predicted octanol–water partition coefficient (Wildman–Crippen LogP) is 18.9. The standard InChI is InChI=1S/C70H51N/c1-69(2)60-29-17-15-24-51(60)53-34-32-47(42-62(53)69)67-56-27-13-14-28-57(56)68(48-33-35-54-52-25-16-18-30-61(52)70(3,4)63(54)43-48)59-41-46(31-36-58(59)67)49-37-38-66(55-26-12-11-23-50(49)55)71-64(44-19-7-5-8-20-44)39-40-65(71)45-21-9-6-10-22-45/h5-43H,1-4H3. The summed E-state index contributed by atoms with van der Waals surface area (Å²) in [6, 6.07) is 88.7. The Hall–Kier alpha value is -8.52. The molecule has 0 spiro atoms. The Labute approximate surface area is 416 Å². The Bertz CT molecular complexity index is 4090. The SMILES string of the molecule is CC1(C)c2ccccc2-c2ccc(-c3c4ccccc4c(-c4ccc5c(c4)C(C)(C)c4ccccc4-5)c4cc(-c5ccc(-n6c(-c7ccccc7)ccc6-c6ccccc6)c6ccccc56)ccc34)cc21. The van der Waals surface area contributed by atoms with Crippen LogP contribution in [-0.2, 0) is 10.8 Å². The molecular weight excluding hydrogens is 855 g/mol. The highest BCUT2D eigenvalue weighted by atomic mass is 15.0. The number of hydrogen-bond donors (Lipinski definition) is 0. The second-order valence-corrected chi connectivity index (χ2v) is 20.8. The van der Waals surface area contributed by atoms with E-state index in [1.165, 1.54) is 121 Å². The largest absolute Gasteiger partial charge is 0.309 e. The molecule has 336 valence electrons. The lowest BCUT2D eigenvalue weighted by atomic mass is 9.79. The van der Waals surface area contributed by atoms with E-state index in [2.05, 4.69) is 269 Å². The van der Waals surface area contributed by atoms with Gasteiger partial charge in [0.05, 0.1) is 17.1 Å². The fourth-order valence-corrected chi connectivity index (χ4v) is 12.8. The first-order valence-corrected chi connectivity index (χ1v) is 25.1. The molecule has 11 aromatic carbocycles. The summed E-state index contributed by atoms with van der Waals surface area (Å²) in [5.41, 5.74) is 24.0. The topological polar surface area (TPSA) is 4.93 Å². The Kier molecular flexibility index (Phi) is 9.05. The molecule has 0 bridgehead atoms. The highest BCUT2D eigenvalue weighted by Crippen LogP contribution is 2.54. The Balaban J connectivity index is 1.02. The van der Waals surface area contributed by atoms with Crippen molar-refractivity contribution in [1.82, 2.24) is 4.57 Å². The summed E-state index contributed by atoms with van der Waals surface area (Å²) < 4.78 is 2.46. The molecule has 0 amide bonds. The minimum atomic E-state index is -0.130. The first-order valence-electron chi connectivity index (χ1n) is 25.1. The van der Waals surface area contributed by atoms with Gasteiger partial charge in [0.1, 0.15) is 0 Å². The Morgan fingerprint density at radius 1 is 0.254 bits per heavy atom. The summed E-state index contributed by atoms with van der Waals surface area (Å²) in [7, 11) is 0. The van der Waals surface area contributed by atoms with Crippen molar-refractivity contribution in [2.45, 2.75) is 38.5 Å². The Morgan fingerprint density at radius 3 is 1.21 bits per heavy atom. The van der Waals surface area contributed by atoms with E-state index >= 15 is 0 Å². The minimum Gasteiger partial charge on any atom is -0.309 e. The molecule has 0 aliphatic heterocycles. The molecule has 0 unspecified atom stereocenters. The zero-order chi connectivity index (χ0) is 47.6. The van der Waals surface area contributed by atoms with Gasteiger partial charge in [-0.15, -0.1) is 0 Å². The summed E-state index contributed by atoms with van der Waals surface area (Å²) >= 11 is 0. The van der Waals surface area contributed by atoms with Crippen LogP contribution in [0.5, 0.6) is 0 Å². The van der Waals surface area contributed by atoms with Crippen molar-refractivity contribution < 1.29 is 0 Å². The van der Waals surface area contributed by atoms with Crippen molar-refractivity contribution in [1.29, 1.82) is 0 Å².